The highest BCUT2D eigenvalue weighted by atomic mass is 32.1. The summed E-state index contributed by atoms with van der Waals surface area (Å²) in [7, 11) is 0. The molecule has 0 aromatic heterocycles. The molecule has 1 heterocycles. The van der Waals surface area contributed by atoms with Crippen molar-refractivity contribution in [2.45, 2.75) is 33.2 Å². The van der Waals surface area contributed by atoms with Crippen molar-refractivity contribution in [3.8, 4) is 0 Å². The Hall–Kier alpha value is -0.220. The number of hydrogen-bond donors (Lipinski definition) is 0. The standard InChI is InChI=1S/C9H16N2S2/c1-5-10-6-7(12)11(8(10)13)9(2,3)4/h5-6H2,1-4H3. The van der Waals surface area contributed by atoms with Gasteiger partial charge in [0, 0.05) is 12.1 Å². The Morgan fingerprint density at radius 1 is 1.31 bits per heavy atom. The van der Waals surface area contributed by atoms with Crippen LogP contribution in [0.4, 0.5) is 0 Å². The largest absolute Gasteiger partial charge is 0.342 e. The summed E-state index contributed by atoms with van der Waals surface area (Å²) < 4.78 is 0. The molecule has 0 unspecified atom stereocenters. The first kappa shape index (κ1) is 10.9. The fourth-order valence-corrected chi connectivity index (χ4v) is 2.61. The molecule has 1 rings (SSSR count). The molecule has 1 aliphatic heterocycles. The predicted octanol–water partition coefficient (Wildman–Crippen LogP) is 2.03. The van der Waals surface area contributed by atoms with Crippen molar-refractivity contribution in [2.24, 2.45) is 0 Å². The van der Waals surface area contributed by atoms with E-state index in [4.69, 9.17) is 24.4 Å². The molecular weight excluding hydrogens is 200 g/mol. The van der Waals surface area contributed by atoms with E-state index in [2.05, 4.69) is 37.5 Å². The van der Waals surface area contributed by atoms with Gasteiger partial charge >= 0.3 is 0 Å². The van der Waals surface area contributed by atoms with Gasteiger partial charge in [-0.25, -0.2) is 0 Å². The van der Waals surface area contributed by atoms with Gasteiger partial charge in [-0.15, -0.1) is 0 Å². The van der Waals surface area contributed by atoms with E-state index >= 15 is 0 Å². The number of thiocarbonyl (C=S) groups is 2. The minimum atomic E-state index is 0.0120. The summed E-state index contributed by atoms with van der Waals surface area (Å²) in [5.74, 6) is 0. The molecule has 1 fully saturated rings. The van der Waals surface area contributed by atoms with Crippen LogP contribution in [-0.4, -0.2) is 38.5 Å². The second kappa shape index (κ2) is 3.50. The lowest BCUT2D eigenvalue weighted by molar-refractivity contribution is 0.342. The molecule has 0 radical (unpaired) electrons. The van der Waals surface area contributed by atoms with Crippen LogP contribution in [0, 0.1) is 0 Å². The molecule has 0 bridgehead atoms. The third-order valence-corrected chi connectivity index (χ3v) is 2.84. The van der Waals surface area contributed by atoms with Gasteiger partial charge < -0.3 is 9.80 Å². The zero-order valence-corrected chi connectivity index (χ0v) is 10.3. The lowest BCUT2D eigenvalue weighted by Gasteiger charge is -2.33. The molecular formula is C9H16N2S2. The molecule has 1 aliphatic rings. The SMILES string of the molecule is CCN1CC(=S)N(C(C)(C)C)C1=S. The molecule has 4 heteroatoms. The molecule has 0 amide bonds. The number of nitrogens with zero attached hydrogens (tertiary/aromatic N) is 2. The fraction of sp³-hybridized carbons (Fsp3) is 0.778. The van der Waals surface area contributed by atoms with Crippen LogP contribution in [0.2, 0.25) is 0 Å². The van der Waals surface area contributed by atoms with E-state index in [-0.39, 0.29) is 5.54 Å². The van der Waals surface area contributed by atoms with Crippen LogP contribution >= 0.6 is 24.4 Å². The molecule has 0 N–H and O–H groups in total. The monoisotopic (exact) mass is 216 g/mol. The smallest absolute Gasteiger partial charge is 0.177 e. The van der Waals surface area contributed by atoms with Gasteiger partial charge in [-0.05, 0) is 39.9 Å². The molecule has 2 nitrogen and oxygen atoms in total. The van der Waals surface area contributed by atoms with Gasteiger partial charge in [-0.3, -0.25) is 0 Å². The molecule has 13 heavy (non-hydrogen) atoms. The summed E-state index contributed by atoms with van der Waals surface area (Å²) in [5.41, 5.74) is 0.0120. The molecule has 0 spiro atoms. The molecule has 74 valence electrons. The van der Waals surface area contributed by atoms with Gasteiger partial charge in [0.25, 0.3) is 0 Å². The normalized spacial score (nSPS) is 18.8. The summed E-state index contributed by atoms with van der Waals surface area (Å²) in [6, 6.07) is 0. The third-order valence-electron chi connectivity index (χ3n) is 2.09. The molecule has 0 aromatic carbocycles. The van der Waals surface area contributed by atoms with E-state index in [1.54, 1.807) is 0 Å². The number of likely N-dealkylation sites (N-methyl/N-ethyl adjacent to an activating group) is 1. The Bertz CT molecular complexity index is 242. The highest BCUT2D eigenvalue weighted by Crippen LogP contribution is 2.22. The molecule has 0 saturated carbocycles. The minimum Gasteiger partial charge on any atom is -0.342 e. The maximum Gasteiger partial charge on any atom is 0.177 e. The van der Waals surface area contributed by atoms with Crippen LogP contribution in [0.1, 0.15) is 27.7 Å². The summed E-state index contributed by atoms with van der Waals surface area (Å²) in [4.78, 5) is 5.14. The maximum atomic E-state index is 5.35. The Labute approximate surface area is 90.9 Å². The van der Waals surface area contributed by atoms with Crippen molar-refractivity contribution in [1.29, 1.82) is 0 Å². The van der Waals surface area contributed by atoms with Crippen molar-refractivity contribution < 1.29 is 0 Å². The first-order chi connectivity index (χ1) is 5.88. The average molecular weight is 216 g/mol. The molecule has 0 aromatic rings. The van der Waals surface area contributed by atoms with Crippen LogP contribution in [-0.2, 0) is 0 Å². The topological polar surface area (TPSA) is 6.48 Å². The Morgan fingerprint density at radius 2 is 1.85 bits per heavy atom. The van der Waals surface area contributed by atoms with Crippen molar-refractivity contribution in [3.63, 3.8) is 0 Å². The zero-order valence-electron chi connectivity index (χ0n) is 8.63. The van der Waals surface area contributed by atoms with Gasteiger partial charge in [0.15, 0.2) is 5.11 Å². The predicted molar refractivity (Wildman–Crippen MR) is 64.0 cm³/mol. The highest BCUT2D eigenvalue weighted by Gasteiger charge is 2.35. The minimum absolute atomic E-state index is 0.0120. The first-order valence-corrected chi connectivity index (χ1v) is 5.31. The summed E-state index contributed by atoms with van der Waals surface area (Å²) in [5, 5.41) is 0.875. The van der Waals surface area contributed by atoms with Crippen LogP contribution in [0.5, 0.6) is 0 Å². The van der Waals surface area contributed by atoms with Crippen LogP contribution in [0.3, 0.4) is 0 Å². The molecule has 0 atom stereocenters. The van der Waals surface area contributed by atoms with Crippen molar-refractivity contribution in [3.05, 3.63) is 0 Å². The fourth-order valence-electron chi connectivity index (χ4n) is 1.46. The Morgan fingerprint density at radius 3 is 2.08 bits per heavy atom. The average Bonchev–Trinajstić information content (AvgIpc) is 2.24. The first-order valence-electron chi connectivity index (χ1n) is 4.50. The van der Waals surface area contributed by atoms with Crippen LogP contribution in [0.25, 0.3) is 0 Å². The second-order valence-corrected chi connectivity index (χ2v) is 5.03. The Balaban J connectivity index is 2.89. The lowest BCUT2D eigenvalue weighted by Crippen LogP contribution is -2.45. The van der Waals surface area contributed by atoms with Gasteiger partial charge in [0.1, 0.15) is 4.99 Å². The molecule has 0 aliphatic carbocycles. The van der Waals surface area contributed by atoms with Crippen LogP contribution in [0.15, 0.2) is 0 Å². The van der Waals surface area contributed by atoms with E-state index in [1.165, 1.54) is 0 Å². The van der Waals surface area contributed by atoms with E-state index in [0.717, 1.165) is 23.2 Å². The van der Waals surface area contributed by atoms with Crippen LogP contribution < -0.4 is 0 Å². The maximum absolute atomic E-state index is 5.35. The van der Waals surface area contributed by atoms with Crippen molar-refractivity contribution in [2.75, 3.05) is 13.1 Å². The number of hydrogen-bond acceptors (Lipinski definition) is 2. The van der Waals surface area contributed by atoms with Crippen molar-refractivity contribution in [1.82, 2.24) is 9.80 Å². The van der Waals surface area contributed by atoms with E-state index in [0.29, 0.717) is 0 Å². The Kier molecular flexibility index (Phi) is 2.92. The van der Waals surface area contributed by atoms with Gasteiger partial charge in [-0.2, -0.15) is 0 Å². The zero-order chi connectivity index (χ0) is 10.2. The second-order valence-electron chi connectivity index (χ2n) is 4.20. The van der Waals surface area contributed by atoms with Gasteiger partial charge in [0.2, 0.25) is 0 Å². The van der Waals surface area contributed by atoms with Gasteiger partial charge in [-0.1, -0.05) is 12.2 Å². The quantitative estimate of drug-likeness (QED) is 0.619. The van der Waals surface area contributed by atoms with Crippen molar-refractivity contribution >= 4 is 34.5 Å². The molecule has 1 saturated heterocycles. The van der Waals surface area contributed by atoms with E-state index in [9.17, 15) is 0 Å². The van der Waals surface area contributed by atoms with E-state index in [1.807, 2.05) is 0 Å². The van der Waals surface area contributed by atoms with E-state index < -0.39 is 0 Å². The summed E-state index contributed by atoms with van der Waals surface area (Å²) in [6.07, 6.45) is 0. The third kappa shape index (κ3) is 1.99. The lowest BCUT2D eigenvalue weighted by atomic mass is 10.1. The van der Waals surface area contributed by atoms with Gasteiger partial charge in [0.05, 0.1) is 6.54 Å². The number of rotatable bonds is 1. The summed E-state index contributed by atoms with van der Waals surface area (Å²) in [6.45, 7) is 10.2. The summed E-state index contributed by atoms with van der Waals surface area (Å²) >= 11 is 10.7. The highest BCUT2D eigenvalue weighted by molar-refractivity contribution is 7.82.